The Bertz CT molecular complexity index is 565. The van der Waals surface area contributed by atoms with Gasteiger partial charge in [-0.15, -0.1) is 0 Å². The summed E-state index contributed by atoms with van der Waals surface area (Å²) < 4.78 is 0. The molecule has 0 aliphatic carbocycles. The highest BCUT2D eigenvalue weighted by atomic mass is 16.3. The highest BCUT2D eigenvalue weighted by Crippen LogP contribution is 2.27. The quantitative estimate of drug-likeness (QED) is 0.702. The van der Waals surface area contributed by atoms with Gasteiger partial charge >= 0.3 is 0 Å². The molecule has 2 N–H and O–H groups in total. The van der Waals surface area contributed by atoms with Crippen molar-refractivity contribution in [3.05, 3.63) is 23.3 Å². The fraction of sp³-hybridized carbons (Fsp3) is 0.444. The van der Waals surface area contributed by atoms with Crippen molar-refractivity contribution in [2.45, 2.75) is 41.5 Å². The van der Waals surface area contributed by atoms with E-state index in [0.717, 1.165) is 0 Å². The van der Waals surface area contributed by atoms with Crippen LogP contribution in [0.3, 0.4) is 0 Å². The van der Waals surface area contributed by atoms with E-state index in [0.29, 0.717) is 11.1 Å². The smallest absolute Gasteiger partial charge is 0.134 e. The van der Waals surface area contributed by atoms with E-state index in [-0.39, 0.29) is 22.3 Å². The first kappa shape index (κ1) is 16.0. The Hall–Kier alpha value is -2.06. The molecule has 0 amide bonds. The number of hydrogen-bond acceptors (Lipinski definition) is 2. The van der Waals surface area contributed by atoms with Crippen LogP contribution in [0, 0.1) is 34.5 Å². The molecular weight excluding hydrogens is 248 g/mol. The Morgan fingerprint density at radius 2 is 1.05 bits per heavy atom. The molecule has 1 aromatic rings. The third kappa shape index (κ3) is 5.29. The van der Waals surface area contributed by atoms with Crippen LogP contribution >= 0.6 is 0 Å². The van der Waals surface area contributed by atoms with Crippen LogP contribution in [0.2, 0.25) is 0 Å². The first-order chi connectivity index (χ1) is 8.98. The zero-order chi connectivity index (χ0) is 15.6. The predicted octanol–water partition coefficient (Wildman–Crippen LogP) is 3.89. The van der Waals surface area contributed by atoms with E-state index in [4.69, 9.17) is 0 Å². The molecule has 0 aliphatic rings. The number of benzene rings is 1. The summed E-state index contributed by atoms with van der Waals surface area (Å²) >= 11 is 0. The highest BCUT2D eigenvalue weighted by Gasteiger charge is 2.09. The molecule has 0 heterocycles. The molecule has 1 rings (SSSR count). The maximum atomic E-state index is 9.83. The zero-order valence-electron chi connectivity index (χ0n) is 13.0. The van der Waals surface area contributed by atoms with Crippen LogP contribution in [0.15, 0.2) is 12.1 Å². The van der Waals surface area contributed by atoms with Crippen LogP contribution in [-0.4, -0.2) is 10.2 Å². The minimum atomic E-state index is -0.151. The number of rotatable bonds is 0. The van der Waals surface area contributed by atoms with Gasteiger partial charge in [-0.2, -0.15) is 0 Å². The van der Waals surface area contributed by atoms with Crippen molar-refractivity contribution in [3.8, 4) is 35.2 Å². The van der Waals surface area contributed by atoms with E-state index < -0.39 is 0 Å². The van der Waals surface area contributed by atoms with E-state index in [1.807, 2.05) is 41.5 Å². The van der Waals surface area contributed by atoms with E-state index >= 15 is 0 Å². The third-order valence-electron chi connectivity index (χ3n) is 2.26. The van der Waals surface area contributed by atoms with Crippen LogP contribution in [-0.2, 0) is 0 Å². The van der Waals surface area contributed by atoms with Crippen molar-refractivity contribution in [1.82, 2.24) is 0 Å². The van der Waals surface area contributed by atoms with Crippen LogP contribution in [0.4, 0.5) is 0 Å². The summed E-state index contributed by atoms with van der Waals surface area (Å²) in [4.78, 5) is 0. The van der Waals surface area contributed by atoms with E-state index in [9.17, 15) is 10.2 Å². The second-order valence-corrected chi connectivity index (χ2v) is 6.89. The first-order valence-corrected chi connectivity index (χ1v) is 6.60. The van der Waals surface area contributed by atoms with Crippen molar-refractivity contribution in [1.29, 1.82) is 0 Å². The molecule has 0 unspecified atom stereocenters. The highest BCUT2D eigenvalue weighted by molar-refractivity contribution is 5.57. The van der Waals surface area contributed by atoms with Crippen molar-refractivity contribution in [2.24, 2.45) is 10.8 Å². The van der Waals surface area contributed by atoms with Crippen LogP contribution in [0.5, 0.6) is 11.5 Å². The lowest BCUT2D eigenvalue weighted by atomic mass is 9.96. The average molecular weight is 270 g/mol. The molecule has 2 nitrogen and oxygen atoms in total. The maximum absolute atomic E-state index is 9.83. The second kappa shape index (κ2) is 5.51. The molecule has 0 radical (unpaired) electrons. The fourth-order valence-electron chi connectivity index (χ4n) is 1.29. The van der Waals surface area contributed by atoms with Gasteiger partial charge < -0.3 is 10.2 Å². The standard InChI is InChI=1S/C18H22O2/c1-17(2,3)9-7-13-11-14(8-10-18(4,5)6)16(20)12-15(13)19/h11-12,19-20H,1-6H3. The summed E-state index contributed by atoms with van der Waals surface area (Å²) in [6, 6.07) is 2.92. The predicted molar refractivity (Wildman–Crippen MR) is 82.4 cm³/mol. The van der Waals surface area contributed by atoms with E-state index in [2.05, 4.69) is 23.7 Å². The molecule has 0 spiro atoms. The summed E-state index contributed by atoms with van der Waals surface area (Å²) in [6.07, 6.45) is 0. The average Bonchev–Trinajstić information content (AvgIpc) is 2.24. The van der Waals surface area contributed by atoms with Crippen molar-refractivity contribution in [2.75, 3.05) is 0 Å². The number of phenolic OH excluding ortho intramolecular Hbond substituents is 2. The lowest BCUT2D eigenvalue weighted by Crippen LogP contribution is -2.00. The van der Waals surface area contributed by atoms with Gasteiger partial charge in [-0.3, -0.25) is 0 Å². The van der Waals surface area contributed by atoms with Crippen molar-refractivity contribution < 1.29 is 10.2 Å². The van der Waals surface area contributed by atoms with Crippen LogP contribution in [0.25, 0.3) is 0 Å². The Kier molecular flexibility index (Phi) is 4.41. The number of aromatic hydroxyl groups is 2. The topological polar surface area (TPSA) is 40.5 Å². The molecule has 0 saturated carbocycles. The molecule has 2 heteroatoms. The Morgan fingerprint density at radius 3 is 1.35 bits per heavy atom. The summed E-state index contributed by atoms with van der Waals surface area (Å²) in [6.45, 7) is 12.0. The molecule has 0 aromatic heterocycles. The number of phenols is 2. The van der Waals surface area contributed by atoms with Gasteiger partial charge in [-0.1, -0.05) is 23.7 Å². The van der Waals surface area contributed by atoms with Crippen LogP contribution in [0.1, 0.15) is 52.7 Å². The molecule has 0 atom stereocenters. The second-order valence-electron chi connectivity index (χ2n) is 6.89. The van der Waals surface area contributed by atoms with Gasteiger partial charge in [0.15, 0.2) is 0 Å². The van der Waals surface area contributed by atoms with Gasteiger partial charge in [-0.05, 0) is 47.6 Å². The number of hydrogen-bond donors (Lipinski definition) is 2. The van der Waals surface area contributed by atoms with Gasteiger partial charge in [0.05, 0.1) is 11.1 Å². The lowest BCUT2D eigenvalue weighted by Gasteiger charge is -2.08. The summed E-state index contributed by atoms with van der Waals surface area (Å²) in [5.41, 5.74) is 0.662. The summed E-state index contributed by atoms with van der Waals surface area (Å²) in [7, 11) is 0. The Morgan fingerprint density at radius 1 is 0.700 bits per heavy atom. The molecule has 0 aliphatic heterocycles. The zero-order valence-corrected chi connectivity index (χ0v) is 13.0. The normalized spacial score (nSPS) is 11.1. The fourth-order valence-corrected chi connectivity index (χ4v) is 1.29. The minimum absolute atomic E-state index is 0.0273. The van der Waals surface area contributed by atoms with Crippen molar-refractivity contribution >= 4 is 0 Å². The lowest BCUT2D eigenvalue weighted by molar-refractivity contribution is 0.448. The molecule has 0 fully saturated rings. The maximum Gasteiger partial charge on any atom is 0.134 e. The summed E-state index contributed by atoms with van der Waals surface area (Å²) in [5.74, 6) is 11.9. The minimum Gasteiger partial charge on any atom is -0.507 e. The van der Waals surface area contributed by atoms with E-state index in [1.165, 1.54) is 6.07 Å². The molecule has 20 heavy (non-hydrogen) atoms. The summed E-state index contributed by atoms with van der Waals surface area (Å²) in [5, 5.41) is 19.7. The Balaban J connectivity index is 3.28. The SMILES string of the molecule is CC(C)(C)C#Cc1cc(C#CC(C)(C)C)c(O)cc1O. The third-order valence-corrected chi connectivity index (χ3v) is 2.26. The Labute approximate surface area is 121 Å². The largest absolute Gasteiger partial charge is 0.507 e. The van der Waals surface area contributed by atoms with Gasteiger partial charge in [0.2, 0.25) is 0 Å². The van der Waals surface area contributed by atoms with Gasteiger partial charge in [0.1, 0.15) is 11.5 Å². The van der Waals surface area contributed by atoms with Gasteiger partial charge in [0, 0.05) is 16.9 Å². The molecule has 1 aromatic carbocycles. The van der Waals surface area contributed by atoms with Gasteiger partial charge in [0.25, 0.3) is 0 Å². The van der Waals surface area contributed by atoms with Gasteiger partial charge in [-0.25, -0.2) is 0 Å². The first-order valence-electron chi connectivity index (χ1n) is 6.60. The van der Waals surface area contributed by atoms with Crippen LogP contribution < -0.4 is 0 Å². The molecule has 0 bridgehead atoms. The molecule has 106 valence electrons. The molecular formula is C18H22O2. The monoisotopic (exact) mass is 270 g/mol. The molecule has 0 saturated heterocycles. The van der Waals surface area contributed by atoms with E-state index in [1.54, 1.807) is 6.07 Å². The van der Waals surface area contributed by atoms with Crippen molar-refractivity contribution in [3.63, 3.8) is 0 Å².